The Morgan fingerprint density at radius 1 is 1.00 bits per heavy atom. The third-order valence-electron chi connectivity index (χ3n) is 4.27. The molecule has 0 radical (unpaired) electrons. The Bertz CT molecular complexity index is 1060. The first-order chi connectivity index (χ1) is 14.3. The highest BCUT2D eigenvalue weighted by atomic mass is 32.2. The molecule has 0 N–H and O–H groups in total. The summed E-state index contributed by atoms with van der Waals surface area (Å²) in [6.07, 6.45) is 4.46. The molecule has 3 aromatic heterocycles. The average Bonchev–Trinajstić information content (AvgIpc) is 3.40. The predicted octanol–water partition coefficient (Wildman–Crippen LogP) is 3.03. The maximum Gasteiger partial charge on any atom is 0.196 e. The van der Waals surface area contributed by atoms with Gasteiger partial charge in [-0.15, -0.1) is 15.3 Å². The van der Waals surface area contributed by atoms with Crippen LogP contribution in [-0.2, 0) is 12.3 Å². The maximum atomic E-state index is 5.29. The van der Waals surface area contributed by atoms with Crippen LogP contribution < -0.4 is 4.74 Å². The predicted molar refractivity (Wildman–Crippen MR) is 109 cm³/mol. The van der Waals surface area contributed by atoms with Crippen LogP contribution >= 0.6 is 11.8 Å². The van der Waals surface area contributed by atoms with Crippen LogP contribution in [0.25, 0.3) is 17.1 Å². The highest BCUT2D eigenvalue weighted by Gasteiger charge is 2.17. The first kappa shape index (κ1) is 19.1. The van der Waals surface area contributed by atoms with Gasteiger partial charge in [-0.05, 0) is 53.2 Å². The van der Waals surface area contributed by atoms with Crippen LogP contribution in [0.1, 0.15) is 19.2 Å². The fourth-order valence-electron chi connectivity index (χ4n) is 2.86. The summed E-state index contributed by atoms with van der Waals surface area (Å²) < 4.78 is 9.13. The number of hydrogen-bond donors (Lipinski definition) is 0. The molecule has 0 amide bonds. The van der Waals surface area contributed by atoms with Crippen LogP contribution in [0.2, 0.25) is 0 Å². The minimum Gasteiger partial charge on any atom is -0.497 e. The van der Waals surface area contributed by atoms with Gasteiger partial charge in [0.15, 0.2) is 16.8 Å². The van der Waals surface area contributed by atoms with E-state index in [1.165, 1.54) is 0 Å². The summed E-state index contributed by atoms with van der Waals surface area (Å²) in [7, 11) is 1.65. The zero-order valence-electron chi connectivity index (χ0n) is 16.1. The summed E-state index contributed by atoms with van der Waals surface area (Å²) in [5.74, 6) is 2.94. The van der Waals surface area contributed by atoms with Gasteiger partial charge in [0.25, 0.3) is 0 Å². The minimum atomic E-state index is 0.595. The number of pyridine rings is 1. The molecule has 0 atom stereocenters. The number of rotatable bonds is 8. The van der Waals surface area contributed by atoms with Crippen LogP contribution in [0.4, 0.5) is 0 Å². The minimum absolute atomic E-state index is 0.595. The van der Waals surface area contributed by atoms with Gasteiger partial charge in [-0.1, -0.05) is 18.7 Å². The summed E-state index contributed by atoms with van der Waals surface area (Å²) in [6, 6.07) is 11.6. The smallest absolute Gasteiger partial charge is 0.196 e. The van der Waals surface area contributed by atoms with Gasteiger partial charge in [-0.25, -0.2) is 4.68 Å². The molecule has 148 valence electrons. The van der Waals surface area contributed by atoms with Gasteiger partial charge < -0.3 is 4.74 Å². The van der Waals surface area contributed by atoms with Gasteiger partial charge in [0.05, 0.1) is 12.9 Å². The van der Waals surface area contributed by atoms with Crippen molar-refractivity contribution < 1.29 is 4.74 Å². The average molecular weight is 408 g/mol. The molecule has 0 saturated heterocycles. The van der Waals surface area contributed by atoms with E-state index in [4.69, 9.17) is 4.74 Å². The van der Waals surface area contributed by atoms with Gasteiger partial charge >= 0.3 is 0 Å². The lowest BCUT2D eigenvalue weighted by Crippen LogP contribution is -2.05. The Kier molecular flexibility index (Phi) is 5.80. The molecule has 0 aliphatic rings. The van der Waals surface area contributed by atoms with E-state index in [1.54, 1.807) is 31.3 Å². The molecular weight excluding hydrogens is 388 g/mol. The van der Waals surface area contributed by atoms with Gasteiger partial charge in [0, 0.05) is 30.2 Å². The SMILES string of the molecule is CCCn1nnnc1CSc1nnc(-c2ccncc2)n1-c1ccc(OC)cc1. The van der Waals surface area contributed by atoms with Crippen LogP contribution in [0.3, 0.4) is 0 Å². The third kappa shape index (κ3) is 4.11. The molecule has 0 bridgehead atoms. The number of ether oxygens (including phenoxy) is 1. The van der Waals surface area contributed by atoms with E-state index in [2.05, 4.69) is 37.6 Å². The van der Waals surface area contributed by atoms with Crippen molar-refractivity contribution in [2.75, 3.05) is 7.11 Å². The molecule has 29 heavy (non-hydrogen) atoms. The summed E-state index contributed by atoms with van der Waals surface area (Å²) in [6.45, 7) is 2.89. The van der Waals surface area contributed by atoms with Gasteiger partial charge in [0.1, 0.15) is 5.75 Å². The Morgan fingerprint density at radius 2 is 1.79 bits per heavy atom. The lowest BCUT2D eigenvalue weighted by molar-refractivity contribution is 0.414. The van der Waals surface area contributed by atoms with E-state index < -0.39 is 0 Å². The van der Waals surface area contributed by atoms with E-state index >= 15 is 0 Å². The number of aryl methyl sites for hydroxylation is 1. The molecule has 0 spiro atoms. The van der Waals surface area contributed by atoms with Gasteiger partial charge in [-0.3, -0.25) is 9.55 Å². The van der Waals surface area contributed by atoms with Crippen molar-refractivity contribution in [3.8, 4) is 22.8 Å². The van der Waals surface area contributed by atoms with Crippen LogP contribution in [0.5, 0.6) is 5.75 Å². The molecule has 10 heteroatoms. The Morgan fingerprint density at radius 3 is 2.52 bits per heavy atom. The first-order valence-corrected chi connectivity index (χ1v) is 10.2. The number of hydrogen-bond acceptors (Lipinski definition) is 8. The Labute approximate surface area is 172 Å². The first-order valence-electron chi connectivity index (χ1n) is 9.18. The van der Waals surface area contributed by atoms with E-state index in [0.29, 0.717) is 5.75 Å². The normalized spacial score (nSPS) is 11.0. The molecule has 1 aromatic carbocycles. The van der Waals surface area contributed by atoms with Gasteiger partial charge in [-0.2, -0.15) is 0 Å². The molecule has 4 rings (SSSR count). The zero-order chi connectivity index (χ0) is 20.1. The van der Waals surface area contributed by atoms with Crippen molar-refractivity contribution in [2.45, 2.75) is 30.8 Å². The highest BCUT2D eigenvalue weighted by molar-refractivity contribution is 7.98. The van der Waals surface area contributed by atoms with Crippen LogP contribution in [-0.4, -0.2) is 47.1 Å². The number of nitrogens with zero attached hydrogens (tertiary/aromatic N) is 8. The van der Waals surface area contributed by atoms with Crippen LogP contribution in [0, 0.1) is 0 Å². The Balaban J connectivity index is 1.69. The van der Waals surface area contributed by atoms with E-state index in [0.717, 1.165) is 46.8 Å². The molecule has 9 nitrogen and oxygen atoms in total. The lowest BCUT2D eigenvalue weighted by atomic mass is 10.2. The van der Waals surface area contributed by atoms with E-state index in [-0.39, 0.29) is 0 Å². The second-order valence-electron chi connectivity index (χ2n) is 6.18. The van der Waals surface area contributed by atoms with Crippen molar-refractivity contribution >= 4 is 11.8 Å². The topological polar surface area (TPSA) is 96.4 Å². The number of thioether (sulfide) groups is 1. The number of aromatic nitrogens is 8. The summed E-state index contributed by atoms with van der Waals surface area (Å²) >= 11 is 1.54. The van der Waals surface area contributed by atoms with Crippen molar-refractivity contribution in [3.63, 3.8) is 0 Å². The molecule has 0 aliphatic carbocycles. The van der Waals surface area contributed by atoms with Crippen molar-refractivity contribution in [3.05, 3.63) is 54.6 Å². The second kappa shape index (κ2) is 8.82. The summed E-state index contributed by atoms with van der Waals surface area (Å²) in [4.78, 5) is 4.10. The quantitative estimate of drug-likeness (QED) is 0.411. The van der Waals surface area contributed by atoms with Gasteiger partial charge in [0.2, 0.25) is 0 Å². The summed E-state index contributed by atoms with van der Waals surface area (Å²) in [5, 5.41) is 21.6. The largest absolute Gasteiger partial charge is 0.497 e. The maximum absolute atomic E-state index is 5.29. The Hall–Kier alpha value is -3.27. The molecule has 3 heterocycles. The fourth-order valence-corrected chi connectivity index (χ4v) is 3.74. The highest BCUT2D eigenvalue weighted by Crippen LogP contribution is 2.29. The second-order valence-corrected chi connectivity index (χ2v) is 7.12. The standard InChI is InChI=1S/C19H20N8OS/c1-3-12-26-17(21-24-25-26)13-29-19-23-22-18(14-8-10-20-11-9-14)27(19)15-4-6-16(28-2)7-5-15/h4-11H,3,12-13H2,1-2H3. The molecule has 4 aromatic rings. The van der Waals surface area contributed by atoms with Crippen molar-refractivity contribution in [1.82, 2.24) is 40.0 Å². The zero-order valence-corrected chi connectivity index (χ0v) is 17.0. The monoisotopic (exact) mass is 408 g/mol. The molecule has 0 unspecified atom stereocenters. The fraction of sp³-hybridized carbons (Fsp3) is 0.263. The molecule has 0 aliphatic heterocycles. The van der Waals surface area contributed by atoms with E-state index in [1.807, 2.05) is 45.6 Å². The number of tetrazole rings is 1. The molecular formula is C19H20N8OS. The van der Waals surface area contributed by atoms with E-state index in [9.17, 15) is 0 Å². The number of benzene rings is 1. The van der Waals surface area contributed by atoms with Crippen molar-refractivity contribution in [1.29, 1.82) is 0 Å². The molecule has 0 fully saturated rings. The van der Waals surface area contributed by atoms with Crippen molar-refractivity contribution in [2.24, 2.45) is 0 Å². The molecule has 0 saturated carbocycles. The lowest BCUT2D eigenvalue weighted by Gasteiger charge is -2.11. The third-order valence-corrected chi connectivity index (χ3v) is 5.20. The summed E-state index contributed by atoms with van der Waals surface area (Å²) in [5.41, 5.74) is 1.88. The van der Waals surface area contributed by atoms with Crippen LogP contribution in [0.15, 0.2) is 53.9 Å². The number of methoxy groups -OCH3 is 1.